The largest absolute Gasteiger partial charge is 0.383 e. The Morgan fingerprint density at radius 2 is 2.18 bits per heavy atom. The van der Waals surface area contributed by atoms with Gasteiger partial charge in [-0.25, -0.2) is 4.98 Å². The van der Waals surface area contributed by atoms with E-state index in [9.17, 15) is 9.59 Å². The van der Waals surface area contributed by atoms with Crippen molar-refractivity contribution in [1.29, 1.82) is 0 Å². The Hall–Kier alpha value is -3.07. The lowest BCUT2D eigenvalue weighted by molar-refractivity contribution is 0.100. The van der Waals surface area contributed by atoms with Gasteiger partial charge in [0.2, 0.25) is 0 Å². The number of nitrogens with one attached hydrogen (secondary N) is 2. The predicted octanol–water partition coefficient (Wildman–Crippen LogP) is 0.496. The molecule has 0 aliphatic carbocycles. The fourth-order valence-corrected chi connectivity index (χ4v) is 2.08. The summed E-state index contributed by atoms with van der Waals surface area (Å²) in [5.74, 6) is -0.209. The molecule has 112 valence electrons. The second-order valence-corrected chi connectivity index (χ2v) is 4.85. The first-order chi connectivity index (χ1) is 10.5. The number of carbonyl (C=O) groups excluding carboxylic acids is 1. The zero-order chi connectivity index (χ0) is 15.9. The van der Waals surface area contributed by atoms with Gasteiger partial charge in [-0.15, -0.1) is 0 Å². The molecule has 0 saturated heterocycles. The lowest BCUT2D eigenvalue weighted by atomic mass is 10.3. The first-order valence-electron chi connectivity index (χ1n) is 6.05. The van der Waals surface area contributed by atoms with Crippen molar-refractivity contribution in [2.24, 2.45) is 5.73 Å². The van der Waals surface area contributed by atoms with E-state index in [0.717, 1.165) is 0 Å². The number of hydrogen-bond acceptors (Lipinski definition) is 6. The summed E-state index contributed by atoms with van der Waals surface area (Å²) < 4.78 is 1.27. The third-order valence-electron chi connectivity index (χ3n) is 2.90. The van der Waals surface area contributed by atoms with Crippen LogP contribution in [-0.2, 0) is 0 Å². The molecule has 0 saturated carbocycles. The number of anilines is 3. The summed E-state index contributed by atoms with van der Waals surface area (Å²) >= 11 is 5.83. The number of primary amides is 1. The predicted molar refractivity (Wildman–Crippen MR) is 81.3 cm³/mol. The molecule has 0 aliphatic rings. The number of nitrogen functional groups attached to an aromatic ring is 1. The summed E-state index contributed by atoms with van der Waals surface area (Å²) in [6.07, 6.45) is 2.64. The summed E-state index contributed by atoms with van der Waals surface area (Å²) in [6.45, 7) is 0. The van der Waals surface area contributed by atoms with E-state index >= 15 is 0 Å². The van der Waals surface area contributed by atoms with Crippen molar-refractivity contribution in [3.05, 3.63) is 45.5 Å². The summed E-state index contributed by atoms with van der Waals surface area (Å²) in [7, 11) is 0. The van der Waals surface area contributed by atoms with Gasteiger partial charge in [-0.05, 0) is 6.07 Å². The molecule has 3 heterocycles. The van der Waals surface area contributed by atoms with Gasteiger partial charge in [0.05, 0.1) is 11.2 Å². The molecule has 0 unspecified atom stereocenters. The van der Waals surface area contributed by atoms with Crippen LogP contribution in [0.15, 0.2) is 29.3 Å². The van der Waals surface area contributed by atoms with E-state index < -0.39 is 5.91 Å². The number of pyridine rings is 1. The minimum Gasteiger partial charge on any atom is -0.383 e. The summed E-state index contributed by atoms with van der Waals surface area (Å²) in [4.78, 5) is 29.7. The molecule has 10 heteroatoms. The summed E-state index contributed by atoms with van der Waals surface area (Å²) in [6, 6.07) is 2.90. The van der Waals surface area contributed by atoms with Gasteiger partial charge in [0, 0.05) is 12.3 Å². The van der Waals surface area contributed by atoms with Gasteiger partial charge in [-0.3, -0.25) is 9.59 Å². The highest BCUT2D eigenvalue weighted by Crippen LogP contribution is 2.19. The first-order valence-corrected chi connectivity index (χ1v) is 6.43. The number of hydrogen-bond donors (Lipinski definition) is 4. The number of aromatic nitrogens is 4. The van der Waals surface area contributed by atoms with Crippen LogP contribution in [0.1, 0.15) is 10.4 Å². The molecule has 22 heavy (non-hydrogen) atoms. The molecule has 0 spiro atoms. The number of amides is 1. The smallest absolute Gasteiger partial charge is 0.271 e. The van der Waals surface area contributed by atoms with Crippen LogP contribution in [0.25, 0.3) is 5.65 Å². The van der Waals surface area contributed by atoms with Crippen molar-refractivity contribution in [2.75, 3.05) is 11.1 Å². The van der Waals surface area contributed by atoms with E-state index in [2.05, 4.69) is 20.4 Å². The van der Waals surface area contributed by atoms with Crippen molar-refractivity contribution >= 4 is 40.5 Å². The zero-order valence-corrected chi connectivity index (χ0v) is 11.8. The van der Waals surface area contributed by atoms with Gasteiger partial charge in [0.15, 0.2) is 5.65 Å². The molecule has 0 aromatic carbocycles. The van der Waals surface area contributed by atoms with Gasteiger partial charge in [0.25, 0.3) is 11.5 Å². The average molecular weight is 320 g/mol. The average Bonchev–Trinajstić information content (AvgIpc) is 2.87. The number of fused-ring (bicyclic) bond motifs is 1. The minimum atomic E-state index is -0.681. The molecular formula is C12H10ClN7O2. The molecule has 0 atom stereocenters. The van der Waals surface area contributed by atoms with Crippen LogP contribution >= 0.6 is 11.6 Å². The quantitative estimate of drug-likeness (QED) is 0.553. The molecule has 0 fully saturated rings. The molecule has 3 aromatic heterocycles. The van der Waals surface area contributed by atoms with Crippen LogP contribution < -0.4 is 22.3 Å². The molecule has 3 aromatic rings. The second kappa shape index (κ2) is 5.04. The van der Waals surface area contributed by atoms with Crippen LogP contribution in [-0.4, -0.2) is 25.5 Å². The second-order valence-electron chi connectivity index (χ2n) is 4.41. The van der Waals surface area contributed by atoms with Gasteiger partial charge in [0.1, 0.15) is 22.9 Å². The van der Waals surface area contributed by atoms with Crippen LogP contribution in [0.5, 0.6) is 0 Å². The molecular weight excluding hydrogens is 310 g/mol. The van der Waals surface area contributed by atoms with Crippen LogP contribution in [0, 0.1) is 0 Å². The highest BCUT2D eigenvalue weighted by molar-refractivity contribution is 6.30. The minimum absolute atomic E-state index is 0.121. The van der Waals surface area contributed by atoms with E-state index in [1.54, 1.807) is 0 Å². The Morgan fingerprint density at radius 1 is 1.41 bits per heavy atom. The monoisotopic (exact) mass is 319 g/mol. The maximum absolute atomic E-state index is 11.7. The molecule has 0 bridgehead atoms. The molecule has 0 aliphatic heterocycles. The van der Waals surface area contributed by atoms with Gasteiger partial charge >= 0.3 is 0 Å². The van der Waals surface area contributed by atoms with Crippen molar-refractivity contribution in [1.82, 2.24) is 19.6 Å². The topological polar surface area (TPSA) is 144 Å². The lowest BCUT2D eigenvalue weighted by Gasteiger charge is -2.07. The Morgan fingerprint density at radius 3 is 2.91 bits per heavy atom. The molecule has 9 nitrogen and oxygen atoms in total. The Balaban J connectivity index is 2.11. The zero-order valence-electron chi connectivity index (χ0n) is 11.0. The van der Waals surface area contributed by atoms with Crippen molar-refractivity contribution < 1.29 is 4.79 Å². The van der Waals surface area contributed by atoms with Gasteiger partial charge in [-0.1, -0.05) is 11.6 Å². The maximum Gasteiger partial charge on any atom is 0.271 e. The number of H-pyrrole nitrogens is 1. The van der Waals surface area contributed by atoms with Crippen molar-refractivity contribution in [2.45, 2.75) is 0 Å². The van der Waals surface area contributed by atoms with Gasteiger partial charge < -0.3 is 21.8 Å². The number of nitrogens with zero attached hydrogens (tertiary/aromatic N) is 3. The number of halogens is 1. The third kappa shape index (κ3) is 2.33. The first kappa shape index (κ1) is 13.9. The summed E-state index contributed by atoms with van der Waals surface area (Å²) in [5, 5.41) is 7.07. The van der Waals surface area contributed by atoms with Crippen LogP contribution in [0.2, 0.25) is 5.02 Å². The molecule has 3 rings (SSSR count). The summed E-state index contributed by atoms with van der Waals surface area (Å²) in [5.41, 5.74) is 11.2. The van der Waals surface area contributed by atoms with E-state index in [-0.39, 0.29) is 34.1 Å². The standard InChI is InChI=1S/C12H10ClN7O2/c13-5-1-7(12(22)16-3-5)18-9-2-8(14)20-11(19-9)6(4-17-20)10(15)21/h1-4H,14H2,(H2,15,21)(H,16,22)(H,18,19). The number of aromatic amines is 1. The SMILES string of the molecule is NC(=O)c1cnn2c(N)cc(Nc3cc(Cl)c[nH]c3=O)nc12. The number of nitrogens with two attached hydrogens (primary N) is 2. The highest BCUT2D eigenvalue weighted by Gasteiger charge is 2.14. The fourth-order valence-electron chi connectivity index (χ4n) is 1.91. The maximum atomic E-state index is 11.7. The van der Waals surface area contributed by atoms with Crippen LogP contribution in [0.3, 0.4) is 0 Å². The molecule has 1 amide bonds. The number of carbonyl (C=O) groups is 1. The van der Waals surface area contributed by atoms with Crippen molar-refractivity contribution in [3.8, 4) is 0 Å². The van der Waals surface area contributed by atoms with E-state index in [1.165, 1.54) is 29.0 Å². The van der Waals surface area contributed by atoms with E-state index in [0.29, 0.717) is 5.02 Å². The van der Waals surface area contributed by atoms with E-state index in [1.807, 2.05) is 0 Å². The Kier molecular flexibility index (Phi) is 3.18. The Bertz CT molecular complexity index is 946. The third-order valence-corrected chi connectivity index (χ3v) is 3.11. The van der Waals surface area contributed by atoms with Crippen molar-refractivity contribution in [3.63, 3.8) is 0 Å². The van der Waals surface area contributed by atoms with Crippen LogP contribution in [0.4, 0.5) is 17.3 Å². The molecule has 0 radical (unpaired) electrons. The van der Waals surface area contributed by atoms with Gasteiger partial charge in [-0.2, -0.15) is 9.61 Å². The molecule has 6 N–H and O–H groups in total. The lowest BCUT2D eigenvalue weighted by Crippen LogP contribution is -2.13. The number of rotatable bonds is 3. The fraction of sp³-hybridized carbons (Fsp3) is 0. The normalized spacial score (nSPS) is 10.8. The highest BCUT2D eigenvalue weighted by atomic mass is 35.5. The van der Waals surface area contributed by atoms with E-state index in [4.69, 9.17) is 23.1 Å². The Labute approximate surface area is 127 Å².